The van der Waals surface area contributed by atoms with Gasteiger partial charge in [-0.25, -0.2) is 0 Å². The fourth-order valence-corrected chi connectivity index (χ4v) is 4.14. The molecular weight excluding hydrogens is 300 g/mol. The third-order valence-electron chi connectivity index (χ3n) is 5.54. The Morgan fingerprint density at radius 2 is 1.92 bits per heavy atom. The molecule has 0 radical (unpaired) electrons. The molecule has 0 saturated heterocycles. The minimum atomic E-state index is -0.271. The molecule has 0 spiro atoms. The number of hydrogen-bond acceptors (Lipinski definition) is 3. The Kier molecular flexibility index (Phi) is 3.41. The third kappa shape index (κ3) is 2.13. The number of benzene rings is 2. The van der Waals surface area contributed by atoms with Gasteiger partial charge in [-0.15, -0.1) is 0 Å². The minimum Gasteiger partial charge on any atom is -0.377 e. The molecular formula is C20H20N2O2. The van der Waals surface area contributed by atoms with Gasteiger partial charge in [0.05, 0.1) is 16.5 Å². The maximum Gasteiger partial charge on any atom is 0.274 e. The summed E-state index contributed by atoms with van der Waals surface area (Å²) in [6.45, 7) is 4.23. The molecule has 1 aliphatic carbocycles. The first-order chi connectivity index (χ1) is 11.6. The van der Waals surface area contributed by atoms with Crippen molar-refractivity contribution in [2.24, 2.45) is 5.92 Å². The van der Waals surface area contributed by atoms with Crippen LogP contribution in [-0.2, 0) is 0 Å². The number of allylic oxidation sites excluding steroid dienone is 2. The summed E-state index contributed by atoms with van der Waals surface area (Å²) in [6.07, 6.45) is 5.42. The first-order valence-corrected chi connectivity index (χ1v) is 8.34. The lowest BCUT2D eigenvalue weighted by Crippen LogP contribution is -2.30. The van der Waals surface area contributed by atoms with E-state index in [0.29, 0.717) is 11.8 Å². The van der Waals surface area contributed by atoms with Crippen molar-refractivity contribution >= 4 is 11.4 Å². The van der Waals surface area contributed by atoms with Crippen LogP contribution in [0, 0.1) is 29.9 Å². The minimum absolute atomic E-state index is 0.0420. The van der Waals surface area contributed by atoms with E-state index in [2.05, 4.69) is 43.4 Å². The van der Waals surface area contributed by atoms with E-state index in [-0.39, 0.29) is 16.7 Å². The number of anilines is 1. The Bertz CT molecular complexity index is 857. The molecule has 4 rings (SSSR count). The quantitative estimate of drug-likeness (QED) is 0.479. The molecule has 0 fully saturated rings. The standard InChI is InChI=1S/C20H20N2O2/c1-12-10-11-16-14-7-5-8-15(14)20(21-19(16)13(12)2)17-6-3-4-9-18(17)22(23)24/h3-7,9-11,14-15,20-21H,8H2,1-2H3/t14-,15+,20+/m1/s1. The molecule has 2 aliphatic rings. The van der Waals surface area contributed by atoms with Crippen molar-refractivity contribution in [2.75, 3.05) is 5.32 Å². The summed E-state index contributed by atoms with van der Waals surface area (Å²) >= 11 is 0. The summed E-state index contributed by atoms with van der Waals surface area (Å²) in [4.78, 5) is 11.2. The fourth-order valence-electron chi connectivity index (χ4n) is 4.14. The molecule has 1 N–H and O–H groups in total. The Labute approximate surface area is 141 Å². The van der Waals surface area contributed by atoms with Crippen LogP contribution in [0.2, 0.25) is 0 Å². The van der Waals surface area contributed by atoms with E-state index in [1.165, 1.54) is 16.7 Å². The number of fused-ring (bicyclic) bond motifs is 3. The number of aryl methyl sites for hydroxylation is 1. The monoisotopic (exact) mass is 320 g/mol. The predicted molar refractivity (Wildman–Crippen MR) is 95.4 cm³/mol. The van der Waals surface area contributed by atoms with Crippen LogP contribution in [0.1, 0.15) is 40.6 Å². The third-order valence-corrected chi connectivity index (χ3v) is 5.54. The Morgan fingerprint density at radius 3 is 2.71 bits per heavy atom. The molecule has 0 unspecified atom stereocenters. The highest BCUT2D eigenvalue weighted by molar-refractivity contribution is 5.66. The van der Waals surface area contributed by atoms with Gasteiger partial charge >= 0.3 is 0 Å². The number of nitro groups is 1. The lowest BCUT2D eigenvalue weighted by molar-refractivity contribution is -0.385. The Morgan fingerprint density at radius 1 is 1.12 bits per heavy atom. The van der Waals surface area contributed by atoms with Gasteiger partial charge in [-0.05, 0) is 42.9 Å². The van der Waals surface area contributed by atoms with E-state index in [1.54, 1.807) is 12.1 Å². The summed E-state index contributed by atoms with van der Waals surface area (Å²) in [5.41, 5.74) is 5.91. The summed E-state index contributed by atoms with van der Waals surface area (Å²) in [5.74, 6) is 0.645. The SMILES string of the molecule is Cc1ccc2c(c1C)N[C@H](c1ccccc1[N+](=O)[O-])[C@H]1CC=C[C@@H]21. The van der Waals surface area contributed by atoms with Gasteiger partial charge in [-0.1, -0.05) is 42.5 Å². The van der Waals surface area contributed by atoms with Gasteiger partial charge in [0, 0.05) is 17.7 Å². The zero-order valence-corrected chi connectivity index (χ0v) is 13.8. The smallest absolute Gasteiger partial charge is 0.274 e. The van der Waals surface area contributed by atoms with Crippen molar-refractivity contribution in [1.82, 2.24) is 0 Å². The number of para-hydroxylation sites is 1. The zero-order chi connectivity index (χ0) is 16.8. The first kappa shape index (κ1) is 14.9. The van der Waals surface area contributed by atoms with Gasteiger partial charge in [0.1, 0.15) is 0 Å². The number of rotatable bonds is 2. The molecule has 4 nitrogen and oxygen atoms in total. The summed E-state index contributed by atoms with van der Waals surface area (Å²) < 4.78 is 0. The second-order valence-corrected chi connectivity index (χ2v) is 6.76. The molecule has 2 aromatic rings. The van der Waals surface area contributed by atoms with Gasteiger partial charge in [0.15, 0.2) is 0 Å². The lowest BCUT2D eigenvalue weighted by Gasteiger charge is -2.38. The fraction of sp³-hybridized carbons (Fsp3) is 0.300. The van der Waals surface area contributed by atoms with Crippen LogP contribution in [0.5, 0.6) is 0 Å². The van der Waals surface area contributed by atoms with Crippen LogP contribution in [0.25, 0.3) is 0 Å². The van der Waals surface area contributed by atoms with Crippen LogP contribution in [-0.4, -0.2) is 4.92 Å². The van der Waals surface area contributed by atoms with Crippen LogP contribution in [0.3, 0.4) is 0 Å². The zero-order valence-electron chi connectivity index (χ0n) is 13.8. The number of nitrogens with one attached hydrogen (secondary N) is 1. The summed E-state index contributed by atoms with van der Waals surface area (Å²) in [6, 6.07) is 11.4. The van der Waals surface area contributed by atoms with E-state index < -0.39 is 0 Å². The molecule has 3 atom stereocenters. The molecule has 4 heteroatoms. The molecule has 1 aliphatic heterocycles. The summed E-state index contributed by atoms with van der Waals surface area (Å²) in [7, 11) is 0. The van der Waals surface area contributed by atoms with E-state index in [9.17, 15) is 10.1 Å². The van der Waals surface area contributed by atoms with E-state index in [0.717, 1.165) is 17.7 Å². The molecule has 122 valence electrons. The normalized spacial score (nSPS) is 24.2. The second-order valence-electron chi connectivity index (χ2n) is 6.76. The number of nitro benzene ring substituents is 1. The average molecular weight is 320 g/mol. The lowest BCUT2D eigenvalue weighted by atomic mass is 9.75. The highest BCUT2D eigenvalue weighted by Gasteiger charge is 2.40. The van der Waals surface area contributed by atoms with Crippen LogP contribution in [0.15, 0.2) is 48.6 Å². The maximum atomic E-state index is 11.5. The highest BCUT2D eigenvalue weighted by atomic mass is 16.6. The van der Waals surface area contributed by atoms with E-state index in [1.807, 2.05) is 12.1 Å². The van der Waals surface area contributed by atoms with Crippen molar-refractivity contribution in [3.8, 4) is 0 Å². The second kappa shape index (κ2) is 5.48. The molecule has 24 heavy (non-hydrogen) atoms. The van der Waals surface area contributed by atoms with E-state index >= 15 is 0 Å². The molecule has 0 bridgehead atoms. The van der Waals surface area contributed by atoms with Crippen LogP contribution in [0.4, 0.5) is 11.4 Å². The molecule has 2 aromatic carbocycles. The van der Waals surface area contributed by atoms with E-state index in [4.69, 9.17) is 0 Å². The van der Waals surface area contributed by atoms with Gasteiger partial charge < -0.3 is 5.32 Å². The van der Waals surface area contributed by atoms with Gasteiger partial charge in [0.25, 0.3) is 5.69 Å². The van der Waals surface area contributed by atoms with Crippen molar-refractivity contribution in [1.29, 1.82) is 0 Å². The van der Waals surface area contributed by atoms with Crippen LogP contribution >= 0.6 is 0 Å². The van der Waals surface area contributed by atoms with Gasteiger partial charge in [0.2, 0.25) is 0 Å². The Hall–Kier alpha value is -2.62. The largest absolute Gasteiger partial charge is 0.377 e. The van der Waals surface area contributed by atoms with Gasteiger partial charge in [-0.2, -0.15) is 0 Å². The predicted octanol–water partition coefficient (Wildman–Crippen LogP) is 5.04. The maximum absolute atomic E-state index is 11.5. The average Bonchev–Trinajstić information content (AvgIpc) is 3.07. The van der Waals surface area contributed by atoms with Gasteiger partial charge in [-0.3, -0.25) is 10.1 Å². The molecule has 1 heterocycles. The first-order valence-electron chi connectivity index (χ1n) is 8.34. The van der Waals surface area contributed by atoms with Crippen LogP contribution < -0.4 is 5.32 Å². The number of hydrogen-bond donors (Lipinski definition) is 1. The van der Waals surface area contributed by atoms with Crippen molar-refractivity contribution in [3.63, 3.8) is 0 Å². The molecule has 0 aromatic heterocycles. The van der Waals surface area contributed by atoms with Crippen molar-refractivity contribution in [3.05, 3.63) is 80.9 Å². The van der Waals surface area contributed by atoms with Crippen molar-refractivity contribution < 1.29 is 4.92 Å². The number of nitrogens with zero attached hydrogens (tertiary/aromatic N) is 1. The molecule has 0 amide bonds. The molecule has 0 saturated carbocycles. The topological polar surface area (TPSA) is 55.2 Å². The highest BCUT2D eigenvalue weighted by Crippen LogP contribution is 2.52. The Balaban J connectivity index is 1.87. The summed E-state index contributed by atoms with van der Waals surface area (Å²) in [5, 5.41) is 15.1. The van der Waals surface area contributed by atoms with Crippen molar-refractivity contribution in [2.45, 2.75) is 32.2 Å².